The second-order valence-electron chi connectivity index (χ2n) is 6.63. The molecular formula is C21H21ClN4O2. The molecule has 7 heteroatoms. The van der Waals surface area contributed by atoms with Crippen molar-refractivity contribution < 1.29 is 9.53 Å². The summed E-state index contributed by atoms with van der Waals surface area (Å²) in [6.45, 7) is 2.84. The minimum Gasteiger partial charge on any atom is -0.497 e. The highest BCUT2D eigenvalue weighted by Gasteiger charge is 2.24. The number of piperazine rings is 1. The van der Waals surface area contributed by atoms with E-state index in [4.69, 9.17) is 16.3 Å². The number of benzene rings is 2. The Bertz CT molecular complexity index is 980. The zero-order valence-corrected chi connectivity index (χ0v) is 16.3. The number of methoxy groups -OCH3 is 1. The van der Waals surface area contributed by atoms with Gasteiger partial charge in [0, 0.05) is 43.5 Å². The van der Waals surface area contributed by atoms with Crippen molar-refractivity contribution in [2.45, 2.75) is 0 Å². The quantitative estimate of drug-likeness (QED) is 0.730. The van der Waals surface area contributed by atoms with E-state index < -0.39 is 0 Å². The van der Waals surface area contributed by atoms with Gasteiger partial charge in [-0.1, -0.05) is 35.9 Å². The van der Waals surface area contributed by atoms with Gasteiger partial charge in [0.15, 0.2) is 0 Å². The molecule has 0 spiro atoms. The Morgan fingerprint density at radius 3 is 2.61 bits per heavy atom. The van der Waals surface area contributed by atoms with Crippen molar-refractivity contribution in [3.8, 4) is 17.0 Å². The summed E-state index contributed by atoms with van der Waals surface area (Å²) in [7, 11) is 1.66. The summed E-state index contributed by atoms with van der Waals surface area (Å²) in [6, 6.07) is 17.2. The molecule has 1 fully saturated rings. The summed E-state index contributed by atoms with van der Waals surface area (Å²) in [5.41, 5.74) is 3.06. The predicted molar refractivity (Wildman–Crippen MR) is 110 cm³/mol. The van der Waals surface area contributed by atoms with E-state index in [1.165, 1.54) is 0 Å². The summed E-state index contributed by atoms with van der Waals surface area (Å²) in [4.78, 5) is 17.0. The predicted octanol–water partition coefficient (Wildman–Crippen LogP) is 3.70. The van der Waals surface area contributed by atoms with Gasteiger partial charge in [-0.3, -0.25) is 9.89 Å². The van der Waals surface area contributed by atoms with Gasteiger partial charge in [-0.2, -0.15) is 5.10 Å². The highest BCUT2D eigenvalue weighted by molar-refractivity contribution is 6.33. The highest BCUT2D eigenvalue weighted by atomic mass is 35.5. The minimum atomic E-state index is -0.0453. The van der Waals surface area contributed by atoms with Gasteiger partial charge in [0.1, 0.15) is 11.4 Å². The molecule has 2 heterocycles. The van der Waals surface area contributed by atoms with Gasteiger partial charge in [-0.05, 0) is 24.3 Å². The molecule has 144 valence electrons. The third-order valence-corrected chi connectivity index (χ3v) is 5.27. The summed E-state index contributed by atoms with van der Waals surface area (Å²) in [6.07, 6.45) is 0. The van der Waals surface area contributed by atoms with Crippen LogP contribution in [0.5, 0.6) is 5.75 Å². The van der Waals surface area contributed by atoms with Crippen LogP contribution < -0.4 is 9.64 Å². The molecule has 0 unspecified atom stereocenters. The van der Waals surface area contributed by atoms with Gasteiger partial charge >= 0.3 is 0 Å². The largest absolute Gasteiger partial charge is 0.497 e. The molecule has 28 heavy (non-hydrogen) atoms. The molecule has 2 aromatic carbocycles. The molecule has 1 N–H and O–H groups in total. The Kier molecular flexibility index (Phi) is 5.21. The van der Waals surface area contributed by atoms with Crippen LogP contribution in [0.1, 0.15) is 10.5 Å². The van der Waals surface area contributed by atoms with Gasteiger partial charge < -0.3 is 14.5 Å². The molecular weight excluding hydrogens is 376 g/mol. The fraction of sp³-hybridized carbons (Fsp3) is 0.238. The number of ether oxygens (including phenoxy) is 1. The molecule has 4 rings (SSSR count). The first-order valence-electron chi connectivity index (χ1n) is 9.14. The van der Waals surface area contributed by atoms with Gasteiger partial charge in [0.05, 0.1) is 17.8 Å². The lowest BCUT2D eigenvalue weighted by molar-refractivity contribution is 0.0741. The Hall–Kier alpha value is -2.99. The lowest BCUT2D eigenvalue weighted by atomic mass is 10.1. The standard InChI is InChI=1S/C21H21ClN4O2/c1-28-16-6-4-5-15(13-16)25-9-11-26(12-10-25)21(27)20-14-19(23-24-20)17-7-2-3-8-18(17)22/h2-8,13-14H,9-12H2,1H3,(H,23,24). The van der Waals surface area contributed by atoms with Crippen LogP contribution in [0.3, 0.4) is 0 Å². The van der Waals surface area contributed by atoms with Crippen molar-refractivity contribution in [1.82, 2.24) is 15.1 Å². The Balaban J connectivity index is 1.42. The third kappa shape index (κ3) is 3.68. The summed E-state index contributed by atoms with van der Waals surface area (Å²) >= 11 is 6.23. The molecule has 1 aliphatic heterocycles. The number of nitrogens with zero attached hydrogens (tertiary/aromatic N) is 3. The molecule has 0 atom stereocenters. The van der Waals surface area contributed by atoms with Crippen LogP contribution in [-0.4, -0.2) is 54.3 Å². The van der Waals surface area contributed by atoms with E-state index in [-0.39, 0.29) is 5.91 Å². The number of nitrogens with one attached hydrogen (secondary N) is 1. The fourth-order valence-electron chi connectivity index (χ4n) is 3.38. The van der Waals surface area contributed by atoms with Gasteiger partial charge in [-0.15, -0.1) is 0 Å². The van der Waals surface area contributed by atoms with Crippen molar-refractivity contribution in [3.05, 3.63) is 65.3 Å². The van der Waals surface area contributed by atoms with Gasteiger partial charge in [0.2, 0.25) is 0 Å². The highest BCUT2D eigenvalue weighted by Crippen LogP contribution is 2.27. The summed E-state index contributed by atoms with van der Waals surface area (Å²) in [5.74, 6) is 0.789. The number of H-pyrrole nitrogens is 1. The maximum atomic E-state index is 12.9. The molecule has 1 amide bonds. The zero-order valence-electron chi connectivity index (χ0n) is 15.6. The number of rotatable bonds is 4. The lowest BCUT2D eigenvalue weighted by Gasteiger charge is -2.36. The normalized spacial score (nSPS) is 14.2. The Labute approximate surface area is 168 Å². The summed E-state index contributed by atoms with van der Waals surface area (Å²) < 4.78 is 5.30. The molecule has 3 aromatic rings. The Morgan fingerprint density at radius 1 is 1.07 bits per heavy atom. The van der Waals surface area contributed by atoms with Crippen LogP contribution in [0.2, 0.25) is 5.02 Å². The van der Waals surface area contributed by atoms with E-state index in [0.717, 1.165) is 30.1 Å². The van der Waals surface area contributed by atoms with E-state index in [0.29, 0.717) is 29.5 Å². The number of hydrogen-bond acceptors (Lipinski definition) is 4. The van der Waals surface area contributed by atoms with E-state index >= 15 is 0 Å². The maximum absolute atomic E-state index is 12.9. The molecule has 1 aromatic heterocycles. The van der Waals surface area contributed by atoms with Crippen LogP contribution in [-0.2, 0) is 0 Å². The molecule has 0 radical (unpaired) electrons. The van der Waals surface area contributed by atoms with Crippen molar-refractivity contribution in [2.24, 2.45) is 0 Å². The zero-order chi connectivity index (χ0) is 19.5. The van der Waals surface area contributed by atoms with Crippen molar-refractivity contribution in [3.63, 3.8) is 0 Å². The van der Waals surface area contributed by atoms with E-state index in [1.54, 1.807) is 13.2 Å². The summed E-state index contributed by atoms with van der Waals surface area (Å²) in [5, 5.41) is 7.73. The number of carbonyl (C=O) groups excluding carboxylic acids is 1. The van der Waals surface area contributed by atoms with Crippen LogP contribution in [0.15, 0.2) is 54.6 Å². The number of carbonyl (C=O) groups is 1. The third-order valence-electron chi connectivity index (χ3n) is 4.94. The number of aromatic amines is 1. The SMILES string of the molecule is COc1cccc(N2CCN(C(=O)c3cc(-c4ccccc4Cl)n[nH]3)CC2)c1. The average molecular weight is 397 g/mol. The van der Waals surface area contributed by atoms with Crippen molar-refractivity contribution >= 4 is 23.2 Å². The first-order valence-corrected chi connectivity index (χ1v) is 9.52. The molecule has 1 saturated heterocycles. The number of halogens is 1. The minimum absolute atomic E-state index is 0.0453. The number of aromatic nitrogens is 2. The van der Waals surface area contributed by atoms with E-state index in [9.17, 15) is 4.79 Å². The fourth-order valence-corrected chi connectivity index (χ4v) is 3.62. The first-order chi connectivity index (χ1) is 13.7. The first kappa shape index (κ1) is 18.4. The van der Waals surface area contributed by atoms with Crippen LogP contribution in [0, 0.1) is 0 Å². The number of amides is 1. The van der Waals surface area contributed by atoms with Crippen LogP contribution in [0.25, 0.3) is 11.3 Å². The van der Waals surface area contributed by atoms with Crippen molar-refractivity contribution in [2.75, 3.05) is 38.2 Å². The second-order valence-corrected chi connectivity index (χ2v) is 7.03. The van der Waals surface area contributed by atoms with Crippen LogP contribution in [0.4, 0.5) is 5.69 Å². The van der Waals surface area contributed by atoms with E-state index in [2.05, 4.69) is 21.2 Å². The smallest absolute Gasteiger partial charge is 0.272 e. The molecule has 0 aliphatic carbocycles. The Morgan fingerprint density at radius 2 is 1.86 bits per heavy atom. The van der Waals surface area contributed by atoms with Crippen molar-refractivity contribution in [1.29, 1.82) is 0 Å². The monoisotopic (exact) mass is 396 g/mol. The maximum Gasteiger partial charge on any atom is 0.272 e. The van der Waals surface area contributed by atoms with Crippen LogP contribution >= 0.6 is 11.6 Å². The molecule has 0 saturated carbocycles. The number of hydrogen-bond donors (Lipinski definition) is 1. The van der Waals surface area contributed by atoms with Gasteiger partial charge in [-0.25, -0.2) is 0 Å². The molecule has 6 nitrogen and oxygen atoms in total. The lowest BCUT2D eigenvalue weighted by Crippen LogP contribution is -2.48. The molecule has 0 bridgehead atoms. The molecule has 1 aliphatic rings. The van der Waals surface area contributed by atoms with E-state index in [1.807, 2.05) is 47.4 Å². The average Bonchev–Trinajstić information content (AvgIpc) is 3.24. The number of anilines is 1. The topological polar surface area (TPSA) is 61.5 Å². The second kappa shape index (κ2) is 7.94. The van der Waals surface area contributed by atoms with Gasteiger partial charge in [0.25, 0.3) is 5.91 Å².